The number of likely N-dealkylation sites (N-methyl/N-ethyl adjacent to an activating group) is 1. The summed E-state index contributed by atoms with van der Waals surface area (Å²) in [6.07, 6.45) is 63.1. The second-order valence-electron chi connectivity index (χ2n) is 18.0. The predicted molar refractivity (Wildman–Crippen MR) is 275 cm³/mol. The number of aliphatic carboxylic acids is 1. The Morgan fingerprint density at radius 1 is 0.462 bits per heavy atom. The lowest BCUT2D eigenvalue weighted by Crippen LogP contribution is -2.50. The van der Waals surface area contributed by atoms with Crippen LogP contribution in [-0.2, 0) is 28.6 Å². The molecule has 0 amide bonds. The molecule has 1 N–H and O–H groups in total. The molecule has 0 aromatic heterocycles. The van der Waals surface area contributed by atoms with Crippen molar-refractivity contribution in [3.63, 3.8) is 0 Å². The number of esters is 2. The zero-order valence-electron chi connectivity index (χ0n) is 42.2. The van der Waals surface area contributed by atoms with Crippen LogP contribution in [0.25, 0.3) is 0 Å². The fourth-order valence-corrected chi connectivity index (χ4v) is 7.07. The van der Waals surface area contributed by atoms with Crippen LogP contribution in [0.3, 0.4) is 0 Å². The van der Waals surface area contributed by atoms with Crippen molar-refractivity contribution in [3.05, 3.63) is 97.2 Å². The summed E-state index contributed by atoms with van der Waals surface area (Å²) in [6.45, 7) is 4.49. The van der Waals surface area contributed by atoms with Gasteiger partial charge >= 0.3 is 17.9 Å². The number of allylic oxidation sites excluding steroid dienone is 16. The lowest BCUT2D eigenvalue weighted by Gasteiger charge is -2.31. The minimum Gasteiger partial charge on any atom is -0.477 e. The van der Waals surface area contributed by atoms with Gasteiger partial charge in [-0.2, -0.15) is 0 Å². The topological polar surface area (TPSA) is 99.1 Å². The van der Waals surface area contributed by atoms with Crippen LogP contribution in [-0.4, -0.2) is 80.6 Å². The van der Waals surface area contributed by atoms with Crippen molar-refractivity contribution in [3.8, 4) is 0 Å². The number of unbranched alkanes of at least 4 members (excludes halogenated alkanes) is 15. The number of carbonyl (C=O) groups excluding carboxylic acids is 2. The lowest BCUT2D eigenvalue weighted by molar-refractivity contribution is -0.887. The highest BCUT2D eigenvalue weighted by molar-refractivity contribution is 5.72. The summed E-state index contributed by atoms with van der Waals surface area (Å²) in [5.74, 6) is -1.50. The molecule has 0 bridgehead atoms. The number of nitrogens with zero attached hydrogens (tertiary/aromatic N) is 1. The molecule has 8 nitrogen and oxygen atoms in total. The van der Waals surface area contributed by atoms with E-state index in [0.717, 1.165) is 109 Å². The van der Waals surface area contributed by atoms with Crippen LogP contribution >= 0.6 is 0 Å². The number of ether oxygens (including phenoxy) is 3. The van der Waals surface area contributed by atoms with Gasteiger partial charge in [0.2, 0.25) is 0 Å². The van der Waals surface area contributed by atoms with Gasteiger partial charge in [-0.1, -0.05) is 182 Å². The van der Waals surface area contributed by atoms with Gasteiger partial charge in [0.15, 0.2) is 12.1 Å². The van der Waals surface area contributed by atoms with Crippen LogP contribution < -0.4 is 0 Å². The van der Waals surface area contributed by atoms with Gasteiger partial charge in [-0.25, -0.2) is 4.79 Å². The van der Waals surface area contributed by atoms with Gasteiger partial charge in [0.25, 0.3) is 0 Å². The van der Waals surface area contributed by atoms with Crippen molar-refractivity contribution in [1.29, 1.82) is 0 Å². The average molecular weight is 907 g/mol. The third-order valence-electron chi connectivity index (χ3n) is 11.0. The molecule has 0 aromatic carbocycles. The summed E-state index contributed by atoms with van der Waals surface area (Å²) in [7, 11) is 5.52. The standard InChI is InChI=1S/C57H95NO7/c1-6-8-10-12-14-16-18-20-22-24-26-27-28-30-31-33-35-37-39-41-43-45-47-55(59)64-52-53(51-63-50-49-54(57(61)62)58(3,4)5)65-56(60)48-46-44-42-40-38-36-34-32-29-25-23-21-19-17-15-13-11-9-7-2/h8-11,14-17,20-23,26-27,30-31,53-54H,6-7,12-13,18-19,24-25,28-29,32-52H2,1-5H3/p+1/b10-8+,11-9+,16-14+,17-15+,22-20+,23-21+,27-26+,31-30+. The number of hydrogen-bond donors (Lipinski definition) is 1. The minimum atomic E-state index is -0.881. The molecule has 0 saturated carbocycles. The maximum Gasteiger partial charge on any atom is 0.362 e. The first-order valence-electron chi connectivity index (χ1n) is 25.8. The van der Waals surface area contributed by atoms with Crippen molar-refractivity contribution in [2.45, 2.75) is 206 Å². The first kappa shape index (κ1) is 61.2. The highest BCUT2D eigenvalue weighted by atomic mass is 16.6. The van der Waals surface area contributed by atoms with Gasteiger partial charge in [0.1, 0.15) is 6.61 Å². The molecule has 2 unspecified atom stereocenters. The van der Waals surface area contributed by atoms with Crippen molar-refractivity contribution in [2.75, 3.05) is 41.0 Å². The molecule has 2 atom stereocenters. The molecular weight excluding hydrogens is 811 g/mol. The molecule has 8 heteroatoms. The monoisotopic (exact) mass is 907 g/mol. The molecule has 0 spiro atoms. The van der Waals surface area contributed by atoms with Gasteiger partial charge in [-0.15, -0.1) is 0 Å². The van der Waals surface area contributed by atoms with Crippen LogP contribution in [0.15, 0.2) is 97.2 Å². The molecule has 0 aliphatic rings. The van der Waals surface area contributed by atoms with E-state index >= 15 is 0 Å². The molecular formula is C57H96NO7+. The van der Waals surface area contributed by atoms with Crippen LogP contribution in [0.5, 0.6) is 0 Å². The summed E-state index contributed by atoms with van der Waals surface area (Å²) in [5.41, 5.74) is 0. The van der Waals surface area contributed by atoms with Gasteiger partial charge in [-0.3, -0.25) is 9.59 Å². The molecule has 0 radical (unpaired) electrons. The molecule has 0 aliphatic carbocycles. The first-order chi connectivity index (χ1) is 31.6. The maximum absolute atomic E-state index is 12.8. The Hall–Kier alpha value is -3.75. The van der Waals surface area contributed by atoms with E-state index in [0.29, 0.717) is 19.3 Å². The summed E-state index contributed by atoms with van der Waals surface area (Å²) >= 11 is 0. The lowest BCUT2D eigenvalue weighted by atomic mass is 10.1. The van der Waals surface area contributed by atoms with E-state index in [4.69, 9.17) is 14.2 Å². The van der Waals surface area contributed by atoms with Crippen LogP contribution in [0, 0.1) is 0 Å². The van der Waals surface area contributed by atoms with Crippen LogP contribution in [0.1, 0.15) is 194 Å². The third kappa shape index (κ3) is 45.2. The van der Waals surface area contributed by atoms with Crippen molar-refractivity contribution in [1.82, 2.24) is 0 Å². The number of carboxylic acid groups (broad SMARTS) is 1. The number of quaternary nitrogens is 1. The fraction of sp³-hybridized carbons (Fsp3) is 0.667. The van der Waals surface area contributed by atoms with Gasteiger partial charge in [0.05, 0.1) is 34.4 Å². The number of carboxylic acids is 1. The Balaban J connectivity index is 4.30. The maximum atomic E-state index is 12.8. The van der Waals surface area contributed by atoms with E-state index < -0.39 is 18.1 Å². The van der Waals surface area contributed by atoms with E-state index in [-0.39, 0.29) is 36.2 Å². The Labute approximate surface area is 398 Å². The molecule has 65 heavy (non-hydrogen) atoms. The number of rotatable bonds is 45. The summed E-state index contributed by atoms with van der Waals surface area (Å²) in [5, 5.41) is 9.66. The third-order valence-corrected chi connectivity index (χ3v) is 11.0. The second-order valence-corrected chi connectivity index (χ2v) is 18.0. The molecule has 0 fully saturated rings. The van der Waals surface area contributed by atoms with Gasteiger partial charge in [0, 0.05) is 19.3 Å². The minimum absolute atomic E-state index is 0.0486. The van der Waals surface area contributed by atoms with E-state index in [2.05, 4.69) is 111 Å². The molecule has 0 rings (SSSR count). The first-order valence-corrected chi connectivity index (χ1v) is 25.8. The quantitative estimate of drug-likeness (QED) is 0.0281. The van der Waals surface area contributed by atoms with E-state index in [9.17, 15) is 19.5 Å². The predicted octanol–water partition coefficient (Wildman–Crippen LogP) is 15.0. The average Bonchev–Trinajstić information content (AvgIpc) is 3.27. The molecule has 370 valence electrons. The van der Waals surface area contributed by atoms with Crippen molar-refractivity contribution >= 4 is 17.9 Å². The normalized spacial score (nSPS) is 13.7. The molecule has 0 heterocycles. The largest absolute Gasteiger partial charge is 0.477 e. The smallest absolute Gasteiger partial charge is 0.362 e. The Kier molecular flexibility index (Phi) is 44.1. The SMILES string of the molecule is CC/C=C/C/C=C/C/C=C/C/C=C/C/C=C/CCCCCCCCC(=O)OCC(COCCC(C(=O)O)[N+](C)(C)C)OC(=O)CCCCCCCCCCC/C=C/C/C=C/C/C=C/CC. The fourth-order valence-electron chi connectivity index (χ4n) is 7.07. The molecule has 0 aromatic rings. The number of hydrogen-bond acceptors (Lipinski definition) is 6. The van der Waals surface area contributed by atoms with Crippen LogP contribution in [0.2, 0.25) is 0 Å². The highest BCUT2D eigenvalue weighted by Gasteiger charge is 2.31. The van der Waals surface area contributed by atoms with Crippen molar-refractivity contribution < 1.29 is 38.2 Å². The summed E-state index contributed by atoms with van der Waals surface area (Å²) in [4.78, 5) is 37.2. The molecule has 0 saturated heterocycles. The zero-order chi connectivity index (χ0) is 47.7. The highest BCUT2D eigenvalue weighted by Crippen LogP contribution is 2.14. The van der Waals surface area contributed by atoms with E-state index in [1.807, 2.05) is 21.1 Å². The van der Waals surface area contributed by atoms with Crippen LogP contribution in [0.4, 0.5) is 0 Å². The Morgan fingerprint density at radius 2 is 0.815 bits per heavy atom. The van der Waals surface area contributed by atoms with Crippen molar-refractivity contribution in [2.24, 2.45) is 0 Å². The molecule has 0 aliphatic heterocycles. The van der Waals surface area contributed by atoms with E-state index in [1.165, 1.54) is 51.4 Å². The zero-order valence-corrected chi connectivity index (χ0v) is 42.2. The Bertz CT molecular complexity index is 1380. The number of carbonyl (C=O) groups is 3. The van der Waals surface area contributed by atoms with E-state index in [1.54, 1.807) is 0 Å². The van der Waals surface area contributed by atoms with Gasteiger partial charge < -0.3 is 23.8 Å². The summed E-state index contributed by atoms with van der Waals surface area (Å²) < 4.78 is 17.3. The summed E-state index contributed by atoms with van der Waals surface area (Å²) in [6, 6.07) is -0.624. The second kappa shape index (κ2) is 46.8. The Morgan fingerprint density at radius 3 is 1.20 bits per heavy atom. The van der Waals surface area contributed by atoms with Gasteiger partial charge in [-0.05, 0) is 89.9 Å².